The summed E-state index contributed by atoms with van der Waals surface area (Å²) in [5.74, 6) is -0.339. The van der Waals surface area contributed by atoms with Crippen LogP contribution in [0.2, 0.25) is 0 Å². The molecule has 2 fully saturated rings. The first-order valence-electron chi connectivity index (χ1n) is 9.58. The molecule has 0 saturated carbocycles. The summed E-state index contributed by atoms with van der Waals surface area (Å²) in [6.07, 6.45) is 2.75. The number of hydrogen-bond donors (Lipinski definition) is 2. The van der Waals surface area contributed by atoms with Crippen molar-refractivity contribution in [2.24, 2.45) is 0 Å². The second kappa shape index (κ2) is 6.16. The van der Waals surface area contributed by atoms with Crippen LogP contribution in [0, 0.1) is 0 Å². The van der Waals surface area contributed by atoms with Gasteiger partial charge in [0.05, 0.1) is 11.3 Å². The van der Waals surface area contributed by atoms with E-state index in [1.54, 1.807) is 4.90 Å². The number of nitrogens with zero attached hydrogens (tertiary/aromatic N) is 1. The van der Waals surface area contributed by atoms with Crippen molar-refractivity contribution in [2.75, 3.05) is 18.0 Å². The van der Waals surface area contributed by atoms with Crippen molar-refractivity contribution < 1.29 is 14.4 Å². The molecule has 0 aromatic heterocycles. The molecule has 6 heteroatoms. The predicted molar refractivity (Wildman–Crippen MR) is 102 cm³/mol. The van der Waals surface area contributed by atoms with Crippen LogP contribution in [-0.2, 0) is 9.59 Å². The Morgan fingerprint density at radius 3 is 2.59 bits per heavy atom. The van der Waals surface area contributed by atoms with Gasteiger partial charge in [0.1, 0.15) is 6.04 Å². The average Bonchev–Trinajstić information content (AvgIpc) is 2.96. The van der Waals surface area contributed by atoms with E-state index < -0.39 is 6.04 Å². The summed E-state index contributed by atoms with van der Waals surface area (Å²) in [6.45, 7) is 1.99. The Balaban J connectivity index is 1.59. The molecule has 2 aromatic carbocycles. The highest BCUT2D eigenvalue weighted by Gasteiger charge is 2.40. The van der Waals surface area contributed by atoms with Crippen molar-refractivity contribution in [1.82, 2.24) is 10.6 Å². The summed E-state index contributed by atoms with van der Waals surface area (Å²) < 4.78 is 0. The van der Waals surface area contributed by atoms with Crippen LogP contribution in [0.15, 0.2) is 30.3 Å². The van der Waals surface area contributed by atoms with Crippen molar-refractivity contribution in [3.63, 3.8) is 0 Å². The van der Waals surface area contributed by atoms with Crippen molar-refractivity contribution in [1.29, 1.82) is 0 Å². The van der Waals surface area contributed by atoms with Crippen LogP contribution in [0.3, 0.4) is 0 Å². The molecule has 2 saturated heterocycles. The molecule has 1 atom stereocenters. The SMILES string of the molecule is O=C1CCC(N2C(=O)c3cc(C4CCNCC4)cc4cccc2c34)C(=O)N1. The molecule has 2 aromatic rings. The fourth-order valence-electron chi connectivity index (χ4n) is 4.67. The summed E-state index contributed by atoms with van der Waals surface area (Å²) >= 11 is 0. The smallest absolute Gasteiger partial charge is 0.259 e. The second-order valence-corrected chi connectivity index (χ2v) is 7.61. The summed E-state index contributed by atoms with van der Waals surface area (Å²) in [5, 5.41) is 7.72. The number of piperidine rings is 2. The van der Waals surface area contributed by atoms with E-state index in [-0.39, 0.29) is 24.1 Å². The number of imide groups is 1. The molecule has 0 radical (unpaired) electrons. The van der Waals surface area contributed by atoms with Gasteiger partial charge in [-0.25, -0.2) is 0 Å². The monoisotopic (exact) mass is 363 g/mol. The molecule has 3 amide bonds. The first kappa shape index (κ1) is 16.4. The molecule has 0 spiro atoms. The zero-order valence-corrected chi connectivity index (χ0v) is 15.0. The van der Waals surface area contributed by atoms with E-state index >= 15 is 0 Å². The van der Waals surface area contributed by atoms with Crippen molar-refractivity contribution >= 4 is 34.2 Å². The van der Waals surface area contributed by atoms with E-state index in [9.17, 15) is 14.4 Å². The third-order valence-corrected chi connectivity index (χ3v) is 6.02. The number of anilines is 1. The lowest BCUT2D eigenvalue weighted by Crippen LogP contribution is -2.53. The lowest BCUT2D eigenvalue weighted by atomic mass is 9.87. The summed E-state index contributed by atoms with van der Waals surface area (Å²) in [5.41, 5.74) is 2.66. The van der Waals surface area contributed by atoms with E-state index in [0.717, 1.165) is 42.4 Å². The lowest BCUT2D eigenvalue weighted by Gasteiger charge is -2.30. The molecule has 0 bridgehead atoms. The standard InChI is InChI=1S/C21H21N3O3/c25-18-5-4-17(20(26)23-18)24-16-3-1-2-13-10-14(12-6-8-22-9-7-12)11-15(19(13)16)21(24)27/h1-3,10-12,17,22H,4-9H2,(H,23,25,26). The Kier molecular flexibility index (Phi) is 3.75. The predicted octanol–water partition coefficient (Wildman–Crippen LogP) is 2.07. The van der Waals surface area contributed by atoms with E-state index in [2.05, 4.69) is 16.7 Å². The first-order valence-corrected chi connectivity index (χ1v) is 9.58. The van der Waals surface area contributed by atoms with Gasteiger partial charge in [0.25, 0.3) is 5.91 Å². The van der Waals surface area contributed by atoms with Gasteiger partial charge in [-0.3, -0.25) is 24.6 Å². The minimum absolute atomic E-state index is 0.133. The molecule has 138 valence electrons. The molecule has 1 unspecified atom stereocenters. The minimum Gasteiger partial charge on any atom is -0.317 e. The Morgan fingerprint density at radius 2 is 1.81 bits per heavy atom. The van der Waals surface area contributed by atoms with Gasteiger partial charge in [-0.2, -0.15) is 0 Å². The van der Waals surface area contributed by atoms with E-state index in [0.29, 0.717) is 17.9 Å². The molecule has 3 aliphatic rings. The van der Waals surface area contributed by atoms with Gasteiger partial charge in [-0.15, -0.1) is 0 Å². The molecule has 2 N–H and O–H groups in total. The topological polar surface area (TPSA) is 78.5 Å². The Hall–Kier alpha value is -2.73. The van der Waals surface area contributed by atoms with Gasteiger partial charge in [-0.05, 0) is 61.4 Å². The van der Waals surface area contributed by atoms with Crippen LogP contribution in [0.25, 0.3) is 10.8 Å². The second-order valence-electron chi connectivity index (χ2n) is 7.61. The van der Waals surface area contributed by atoms with E-state index in [1.165, 1.54) is 5.56 Å². The zero-order valence-electron chi connectivity index (χ0n) is 15.0. The van der Waals surface area contributed by atoms with Gasteiger partial charge in [-0.1, -0.05) is 18.2 Å². The molecule has 27 heavy (non-hydrogen) atoms. The highest BCUT2D eigenvalue weighted by molar-refractivity contribution is 6.27. The summed E-state index contributed by atoms with van der Waals surface area (Å²) in [4.78, 5) is 38.8. The minimum atomic E-state index is -0.629. The van der Waals surface area contributed by atoms with Gasteiger partial charge < -0.3 is 5.32 Å². The summed E-state index contributed by atoms with van der Waals surface area (Å²) in [6, 6.07) is 9.45. The molecule has 0 aliphatic carbocycles. The maximum atomic E-state index is 13.3. The van der Waals surface area contributed by atoms with Crippen molar-refractivity contribution in [3.05, 3.63) is 41.5 Å². The average molecular weight is 363 g/mol. The van der Waals surface area contributed by atoms with Crippen LogP contribution < -0.4 is 15.5 Å². The van der Waals surface area contributed by atoms with Crippen LogP contribution in [0.5, 0.6) is 0 Å². The molecular formula is C21H21N3O3. The highest BCUT2D eigenvalue weighted by atomic mass is 16.2. The quantitative estimate of drug-likeness (QED) is 0.801. The van der Waals surface area contributed by atoms with Crippen molar-refractivity contribution in [3.8, 4) is 0 Å². The van der Waals surface area contributed by atoms with Crippen LogP contribution in [0.4, 0.5) is 5.69 Å². The number of rotatable bonds is 2. The number of carbonyl (C=O) groups is 3. The third kappa shape index (κ3) is 2.55. The number of carbonyl (C=O) groups excluding carboxylic acids is 3. The Morgan fingerprint density at radius 1 is 1.00 bits per heavy atom. The van der Waals surface area contributed by atoms with Crippen LogP contribution in [-0.4, -0.2) is 36.9 Å². The third-order valence-electron chi connectivity index (χ3n) is 6.02. The van der Waals surface area contributed by atoms with E-state index in [4.69, 9.17) is 0 Å². The lowest BCUT2D eigenvalue weighted by molar-refractivity contribution is -0.134. The number of amides is 3. The Bertz CT molecular complexity index is 978. The first-order chi connectivity index (χ1) is 13.1. The van der Waals surface area contributed by atoms with Crippen LogP contribution in [0.1, 0.15) is 47.5 Å². The maximum Gasteiger partial charge on any atom is 0.259 e. The molecular weight excluding hydrogens is 342 g/mol. The largest absolute Gasteiger partial charge is 0.317 e. The van der Waals surface area contributed by atoms with Gasteiger partial charge >= 0.3 is 0 Å². The van der Waals surface area contributed by atoms with Gasteiger partial charge in [0.15, 0.2) is 0 Å². The fraction of sp³-hybridized carbons (Fsp3) is 0.381. The van der Waals surface area contributed by atoms with Gasteiger partial charge in [0.2, 0.25) is 11.8 Å². The van der Waals surface area contributed by atoms with Crippen LogP contribution >= 0.6 is 0 Å². The Labute approximate surface area is 156 Å². The molecule has 5 rings (SSSR count). The molecule has 3 aliphatic heterocycles. The summed E-state index contributed by atoms with van der Waals surface area (Å²) in [7, 11) is 0. The van der Waals surface area contributed by atoms with Gasteiger partial charge in [0, 0.05) is 11.8 Å². The van der Waals surface area contributed by atoms with E-state index in [1.807, 2.05) is 24.3 Å². The number of benzene rings is 2. The molecule has 6 nitrogen and oxygen atoms in total. The number of hydrogen-bond acceptors (Lipinski definition) is 4. The highest BCUT2D eigenvalue weighted by Crippen LogP contribution is 2.42. The zero-order chi connectivity index (χ0) is 18.5. The van der Waals surface area contributed by atoms with Crippen molar-refractivity contribution in [2.45, 2.75) is 37.6 Å². The number of nitrogens with one attached hydrogen (secondary N) is 2. The fourth-order valence-corrected chi connectivity index (χ4v) is 4.67. The maximum absolute atomic E-state index is 13.3. The molecule has 3 heterocycles. The normalized spacial score (nSPS) is 23.2.